The third-order valence-corrected chi connectivity index (χ3v) is 4.57. The SMILES string of the molecule is O=S(=O)(OCc1ccccc1)c1cccc2ccccc12. The molecule has 0 heterocycles. The Morgan fingerprint density at radius 2 is 1.43 bits per heavy atom. The molecule has 3 nitrogen and oxygen atoms in total. The Bertz CT molecular complexity index is 850. The van der Waals surface area contributed by atoms with Crippen molar-refractivity contribution in [3.05, 3.63) is 78.4 Å². The van der Waals surface area contributed by atoms with E-state index in [0.29, 0.717) is 5.39 Å². The molecule has 0 fully saturated rings. The average Bonchev–Trinajstić information content (AvgIpc) is 2.53. The Hall–Kier alpha value is -2.17. The van der Waals surface area contributed by atoms with E-state index < -0.39 is 10.1 Å². The Kier molecular flexibility index (Phi) is 3.73. The molecule has 3 aromatic carbocycles. The number of benzene rings is 3. The lowest BCUT2D eigenvalue weighted by Crippen LogP contribution is -2.07. The van der Waals surface area contributed by atoms with Crippen molar-refractivity contribution in [2.45, 2.75) is 11.5 Å². The summed E-state index contributed by atoms with van der Waals surface area (Å²) >= 11 is 0. The topological polar surface area (TPSA) is 43.4 Å². The third kappa shape index (κ3) is 2.96. The van der Waals surface area contributed by atoms with Gasteiger partial charge in [0, 0.05) is 5.39 Å². The summed E-state index contributed by atoms with van der Waals surface area (Å²) in [6, 6.07) is 21.8. The standard InChI is InChI=1S/C17H14O3S/c18-21(19,20-13-14-7-2-1-3-8-14)17-12-6-10-15-9-4-5-11-16(15)17/h1-12H,13H2. The van der Waals surface area contributed by atoms with E-state index in [4.69, 9.17) is 4.18 Å². The van der Waals surface area contributed by atoms with Gasteiger partial charge in [0.2, 0.25) is 0 Å². The molecule has 0 spiro atoms. The minimum absolute atomic E-state index is 0.0341. The molecule has 0 aliphatic heterocycles. The fourth-order valence-corrected chi connectivity index (χ4v) is 3.32. The van der Waals surface area contributed by atoms with Crippen LogP contribution in [0.15, 0.2) is 77.7 Å². The lowest BCUT2D eigenvalue weighted by molar-refractivity contribution is 0.308. The largest absolute Gasteiger partial charge is 0.297 e. The molecule has 0 aliphatic carbocycles. The predicted molar refractivity (Wildman–Crippen MR) is 82.4 cm³/mol. The van der Waals surface area contributed by atoms with Crippen LogP contribution in [-0.4, -0.2) is 8.42 Å². The van der Waals surface area contributed by atoms with E-state index in [0.717, 1.165) is 10.9 Å². The van der Waals surface area contributed by atoms with E-state index in [1.54, 1.807) is 18.2 Å². The summed E-state index contributed by atoms with van der Waals surface area (Å²) < 4.78 is 30.0. The van der Waals surface area contributed by atoms with Crippen LogP contribution in [0.25, 0.3) is 10.8 Å². The normalized spacial score (nSPS) is 11.6. The zero-order valence-electron chi connectivity index (χ0n) is 11.3. The summed E-state index contributed by atoms with van der Waals surface area (Å²) in [6.07, 6.45) is 0. The molecule has 0 atom stereocenters. The van der Waals surface area contributed by atoms with Crippen LogP contribution in [0.5, 0.6) is 0 Å². The summed E-state index contributed by atoms with van der Waals surface area (Å²) in [6.45, 7) is 0.0341. The fourth-order valence-electron chi connectivity index (χ4n) is 2.20. The van der Waals surface area contributed by atoms with Gasteiger partial charge in [-0.2, -0.15) is 8.42 Å². The molecule has 0 unspecified atom stereocenters. The molecule has 0 amide bonds. The molecule has 0 aliphatic rings. The smallest absolute Gasteiger partial charge is 0.262 e. The highest BCUT2D eigenvalue weighted by molar-refractivity contribution is 7.87. The van der Waals surface area contributed by atoms with E-state index >= 15 is 0 Å². The van der Waals surface area contributed by atoms with Crippen LogP contribution >= 0.6 is 0 Å². The molecule has 0 saturated carbocycles. The van der Waals surface area contributed by atoms with Crippen molar-refractivity contribution in [2.24, 2.45) is 0 Å². The first kappa shape index (κ1) is 13.8. The molecule has 0 N–H and O–H groups in total. The summed E-state index contributed by atoms with van der Waals surface area (Å²) in [4.78, 5) is 0.205. The van der Waals surface area contributed by atoms with Crippen molar-refractivity contribution in [3.63, 3.8) is 0 Å². The summed E-state index contributed by atoms with van der Waals surface area (Å²) in [5.41, 5.74) is 0.821. The fraction of sp³-hybridized carbons (Fsp3) is 0.0588. The number of fused-ring (bicyclic) bond motifs is 1. The van der Waals surface area contributed by atoms with Crippen LogP contribution in [0.1, 0.15) is 5.56 Å². The highest BCUT2D eigenvalue weighted by atomic mass is 32.2. The van der Waals surface area contributed by atoms with Gasteiger partial charge in [-0.1, -0.05) is 66.7 Å². The Labute approximate surface area is 123 Å². The van der Waals surface area contributed by atoms with Crippen molar-refractivity contribution in [1.82, 2.24) is 0 Å². The molecule has 0 aromatic heterocycles. The van der Waals surface area contributed by atoms with Crippen LogP contribution in [0, 0.1) is 0 Å². The van der Waals surface area contributed by atoms with Gasteiger partial charge < -0.3 is 0 Å². The average molecular weight is 298 g/mol. The Morgan fingerprint density at radius 1 is 0.762 bits per heavy atom. The molecule has 3 rings (SSSR count). The zero-order chi connectivity index (χ0) is 14.7. The minimum atomic E-state index is -3.79. The van der Waals surface area contributed by atoms with Crippen LogP contribution in [0.3, 0.4) is 0 Å². The molecular formula is C17H14O3S. The van der Waals surface area contributed by atoms with E-state index in [-0.39, 0.29) is 11.5 Å². The van der Waals surface area contributed by atoms with Crippen LogP contribution in [0.4, 0.5) is 0 Å². The van der Waals surface area contributed by atoms with Gasteiger partial charge >= 0.3 is 0 Å². The first-order chi connectivity index (χ1) is 10.2. The quantitative estimate of drug-likeness (QED) is 0.689. The first-order valence-electron chi connectivity index (χ1n) is 6.58. The monoisotopic (exact) mass is 298 g/mol. The molecular weight excluding hydrogens is 284 g/mol. The van der Waals surface area contributed by atoms with Gasteiger partial charge in [-0.15, -0.1) is 0 Å². The lowest BCUT2D eigenvalue weighted by Gasteiger charge is -2.08. The lowest BCUT2D eigenvalue weighted by atomic mass is 10.1. The summed E-state index contributed by atoms with van der Waals surface area (Å²) in [7, 11) is -3.79. The minimum Gasteiger partial charge on any atom is -0.262 e. The highest BCUT2D eigenvalue weighted by Crippen LogP contribution is 2.24. The van der Waals surface area contributed by atoms with Gasteiger partial charge in [0.25, 0.3) is 10.1 Å². The van der Waals surface area contributed by atoms with Gasteiger partial charge in [-0.05, 0) is 17.0 Å². The van der Waals surface area contributed by atoms with Crippen molar-refractivity contribution in [1.29, 1.82) is 0 Å². The number of hydrogen-bond acceptors (Lipinski definition) is 3. The van der Waals surface area contributed by atoms with Gasteiger partial charge in [0.05, 0.1) is 6.61 Å². The highest BCUT2D eigenvalue weighted by Gasteiger charge is 2.18. The molecule has 0 saturated heterocycles. The third-order valence-electron chi connectivity index (χ3n) is 3.24. The number of hydrogen-bond donors (Lipinski definition) is 0. The van der Waals surface area contributed by atoms with E-state index in [1.165, 1.54) is 0 Å². The first-order valence-corrected chi connectivity index (χ1v) is 7.99. The summed E-state index contributed by atoms with van der Waals surface area (Å²) in [5, 5.41) is 1.55. The maximum atomic E-state index is 12.4. The molecule has 0 radical (unpaired) electrons. The second-order valence-corrected chi connectivity index (χ2v) is 6.26. The molecule has 21 heavy (non-hydrogen) atoms. The zero-order valence-corrected chi connectivity index (χ0v) is 12.1. The van der Waals surface area contributed by atoms with Crippen molar-refractivity contribution < 1.29 is 12.6 Å². The van der Waals surface area contributed by atoms with Gasteiger partial charge in [-0.3, -0.25) is 4.18 Å². The Balaban J connectivity index is 1.94. The molecule has 3 aromatic rings. The van der Waals surface area contributed by atoms with Gasteiger partial charge in [0.15, 0.2) is 0 Å². The number of rotatable bonds is 4. The molecule has 4 heteroatoms. The van der Waals surface area contributed by atoms with Crippen LogP contribution < -0.4 is 0 Å². The molecule has 0 bridgehead atoms. The van der Waals surface area contributed by atoms with E-state index in [1.807, 2.05) is 54.6 Å². The van der Waals surface area contributed by atoms with Crippen molar-refractivity contribution >= 4 is 20.9 Å². The predicted octanol–water partition coefficient (Wildman–Crippen LogP) is 3.75. The van der Waals surface area contributed by atoms with Crippen molar-refractivity contribution in [3.8, 4) is 0 Å². The van der Waals surface area contributed by atoms with Crippen LogP contribution in [-0.2, 0) is 20.9 Å². The maximum absolute atomic E-state index is 12.4. The second-order valence-electron chi connectivity index (χ2n) is 4.68. The maximum Gasteiger partial charge on any atom is 0.297 e. The Morgan fingerprint density at radius 3 is 2.24 bits per heavy atom. The molecule has 106 valence electrons. The van der Waals surface area contributed by atoms with Crippen LogP contribution in [0.2, 0.25) is 0 Å². The van der Waals surface area contributed by atoms with Gasteiger partial charge in [-0.25, -0.2) is 0 Å². The van der Waals surface area contributed by atoms with E-state index in [2.05, 4.69) is 0 Å². The van der Waals surface area contributed by atoms with Gasteiger partial charge in [0.1, 0.15) is 4.90 Å². The van der Waals surface area contributed by atoms with Crippen molar-refractivity contribution in [2.75, 3.05) is 0 Å². The van der Waals surface area contributed by atoms with E-state index in [9.17, 15) is 8.42 Å². The summed E-state index contributed by atoms with van der Waals surface area (Å²) in [5.74, 6) is 0. The second kappa shape index (κ2) is 5.68.